The van der Waals surface area contributed by atoms with Gasteiger partial charge < -0.3 is 62.0 Å². The molecule has 0 radical (unpaired) electrons. The molecule has 4 amide bonds. The van der Waals surface area contributed by atoms with E-state index < -0.39 is 12.9 Å². The lowest BCUT2D eigenvalue weighted by Crippen LogP contribution is -2.50. The molecular weight excluding hydrogens is 1080 g/mol. The minimum atomic E-state index is -4.20. The molecule has 0 saturated heterocycles. The van der Waals surface area contributed by atoms with Gasteiger partial charge in [-0.2, -0.15) is 0 Å². The van der Waals surface area contributed by atoms with Gasteiger partial charge in [0.25, 0.3) is 11.5 Å². The highest BCUT2D eigenvalue weighted by molar-refractivity contribution is 7.13. The molecule has 20 nitrogen and oxygen atoms in total. The van der Waals surface area contributed by atoms with Gasteiger partial charge in [-0.3, -0.25) is 33.1 Å². The molecule has 2 bridgehead atoms. The van der Waals surface area contributed by atoms with E-state index in [9.17, 15) is 28.8 Å². The van der Waals surface area contributed by atoms with Gasteiger partial charge in [0.05, 0.1) is 39.5 Å². The van der Waals surface area contributed by atoms with Crippen LogP contribution in [0, 0.1) is 5.41 Å². The SMILES string of the molecule is CCCn1c(=O)n(CC)c(=O)c2[nH]c(C34CCC(CCC(=O)N(C)CC(=O)NCCCOCCOCCOCCCNC(=O)CN(C)C(=O)COc5ccc(C6=[N+]7C(=Cc8ccc(-c9cccs9)n8[B-]7(F)F)C=C6)cc5)(CC3)CC4)nc21. The number of aromatic amines is 1. The number of carbonyl (C=O) groups is 4. The quantitative estimate of drug-likeness (QED) is 0.0362. The van der Waals surface area contributed by atoms with E-state index in [2.05, 4.69) is 15.6 Å². The van der Waals surface area contributed by atoms with Gasteiger partial charge in [0.1, 0.15) is 17.1 Å². The van der Waals surface area contributed by atoms with Crippen LogP contribution in [-0.2, 0) is 51.9 Å². The van der Waals surface area contributed by atoms with E-state index >= 15 is 8.63 Å². The molecule has 440 valence electrons. The number of thiophene rings is 1. The Morgan fingerprint density at radius 1 is 0.805 bits per heavy atom. The average molecular weight is 1150 g/mol. The molecule has 24 heteroatoms. The Bertz CT molecular complexity index is 3310. The van der Waals surface area contributed by atoms with E-state index in [0.29, 0.717) is 130 Å². The van der Waals surface area contributed by atoms with Crippen LogP contribution in [0.1, 0.15) is 102 Å². The molecule has 82 heavy (non-hydrogen) atoms. The number of nitrogens with one attached hydrogen (secondary N) is 3. The predicted molar refractivity (Wildman–Crippen MR) is 309 cm³/mol. The Labute approximate surface area is 479 Å². The second-order valence-electron chi connectivity index (χ2n) is 21.8. The van der Waals surface area contributed by atoms with Gasteiger partial charge in [0.2, 0.25) is 17.7 Å². The zero-order chi connectivity index (χ0) is 58.0. The number of nitrogens with zero attached hydrogens (tertiary/aromatic N) is 7. The fourth-order valence-corrected chi connectivity index (χ4v) is 12.5. The molecule has 0 spiro atoms. The van der Waals surface area contributed by atoms with E-state index in [4.69, 9.17) is 23.9 Å². The molecule has 3 fully saturated rings. The molecule has 6 heterocycles. The fourth-order valence-electron chi connectivity index (χ4n) is 11.7. The van der Waals surface area contributed by atoms with Crippen molar-refractivity contribution in [2.24, 2.45) is 5.41 Å². The summed E-state index contributed by atoms with van der Waals surface area (Å²) >= 11 is 1.41. The lowest BCUT2D eigenvalue weighted by atomic mass is 9.52. The van der Waals surface area contributed by atoms with Crippen LogP contribution in [0.15, 0.2) is 81.3 Å². The maximum Gasteiger partial charge on any atom is 0.737 e. The van der Waals surface area contributed by atoms with Crippen LogP contribution in [0.2, 0.25) is 0 Å². The summed E-state index contributed by atoms with van der Waals surface area (Å²) in [6, 6.07) is 13.7. The normalized spacial score (nSPS) is 18.6. The lowest BCUT2D eigenvalue weighted by Gasteiger charge is -2.53. The summed E-state index contributed by atoms with van der Waals surface area (Å²) in [7, 11) is 3.17. The Balaban J connectivity index is 0.562. The minimum Gasteiger partial charge on any atom is -0.484 e. The largest absolute Gasteiger partial charge is 0.737 e. The lowest BCUT2D eigenvalue weighted by molar-refractivity contribution is -0.360. The van der Waals surface area contributed by atoms with Crippen LogP contribution in [0.5, 0.6) is 5.75 Å². The molecule has 5 aliphatic rings. The molecule has 0 atom stereocenters. The molecule has 2 aliphatic heterocycles. The second kappa shape index (κ2) is 26.5. The number of halogens is 2. The summed E-state index contributed by atoms with van der Waals surface area (Å²) in [5.41, 5.74) is 2.32. The van der Waals surface area contributed by atoms with Crippen molar-refractivity contribution < 1.29 is 51.2 Å². The first-order valence-electron chi connectivity index (χ1n) is 28.6. The molecule has 3 N–H and O–H groups in total. The molecule has 3 saturated carbocycles. The number of amides is 4. The summed E-state index contributed by atoms with van der Waals surface area (Å²) < 4.78 is 60.2. The summed E-state index contributed by atoms with van der Waals surface area (Å²) in [4.78, 5) is 89.2. The van der Waals surface area contributed by atoms with Gasteiger partial charge in [-0.05, 0) is 124 Å². The van der Waals surface area contributed by atoms with E-state index in [-0.39, 0.29) is 59.5 Å². The van der Waals surface area contributed by atoms with E-state index in [1.807, 2.05) is 24.4 Å². The number of hydrogen-bond acceptors (Lipinski definition) is 12. The van der Waals surface area contributed by atoms with Crippen LogP contribution in [0.25, 0.3) is 27.8 Å². The maximum atomic E-state index is 16.3. The highest BCUT2D eigenvalue weighted by Gasteiger charge is 2.53. The standard InChI is InChI=1S/C58H75BF2N10O10S/c1-5-29-69-53-52(54(76)68(6-2)56(69)77)64-55(65-53)58-24-21-57(22-25-58,23-26-58)20-19-50(74)66(3)38-48(72)62-27-8-30-78-32-34-80-35-33-79-31-9-28-63-49(73)39-67(4)51(75)40-81-44-15-11-41(12-16-44)45-17-13-42-37-43-14-18-46(47-10-7-36-82-47)71(43)59(60,61)70(42)45/h7,10-18,36-37H,5-6,8-9,19-35,38-40H2,1-4H3,(H,62,72)(H,63,73)(H,64,65). The van der Waals surface area contributed by atoms with Crippen molar-refractivity contribution in [3.63, 3.8) is 0 Å². The van der Waals surface area contributed by atoms with Gasteiger partial charge in [0, 0.05) is 105 Å². The van der Waals surface area contributed by atoms with Gasteiger partial charge in [-0.1, -0.05) is 13.0 Å². The van der Waals surface area contributed by atoms with E-state index in [1.54, 1.807) is 73.2 Å². The van der Waals surface area contributed by atoms with Crippen molar-refractivity contribution in [1.29, 1.82) is 0 Å². The average Bonchev–Trinajstić information content (AvgIpc) is 4.49. The van der Waals surface area contributed by atoms with Crippen LogP contribution in [0.3, 0.4) is 0 Å². The Hall–Kier alpha value is -7.02. The first kappa shape index (κ1) is 59.6. The second-order valence-corrected chi connectivity index (χ2v) is 22.8. The molecule has 10 rings (SSSR count). The highest BCUT2D eigenvalue weighted by atomic mass is 32.1. The highest BCUT2D eigenvalue weighted by Crippen LogP contribution is 2.59. The number of imidazole rings is 1. The van der Waals surface area contributed by atoms with Gasteiger partial charge >= 0.3 is 12.7 Å². The molecule has 0 unspecified atom stereocenters. The van der Waals surface area contributed by atoms with E-state index in [1.165, 1.54) is 32.8 Å². The number of likely N-dealkylation sites (N-methyl/N-ethyl adjacent to an activating group) is 2. The number of carbonyl (C=O) groups excluding carboxylic acids is 4. The molecular formula is C58H75BF2N10O10S. The van der Waals surface area contributed by atoms with Crippen molar-refractivity contribution in [2.75, 3.05) is 86.5 Å². The van der Waals surface area contributed by atoms with Gasteiger partial charge in [0.15, 0.2) is 23.7 Å². The smallest absolute Gasteiger partial charge is 0.484 e. The first-order valence-corrected chi connectivity index (χ1v) is 29.5. The van der Waals surface area contributed by atoms with Crippen molar-refractivity contribution >= 4 is 64.9 Å². The van der Waals surface area contributed by atoms with Crippen LogP contribution >= 0.6 is 11.3 Å². The molecule has 1 aromatic carbocycles. The monoisotopic (exact) mass is 1150 g/mol. The molecule has 5 aromatic rings. The van der Waals surface area contributed by atoms with Gasteiger partial charge in [-0.15, -0.1) is 11.3 Å². The third-order valence-electron chi connectivity index (χ3n) is 16.4. The van der Waals surface area contributed by atoms with Crippen molar-refractivity contribution in [2.45, 2.75) is 103 Å². The number of aryl methyl sites for hydroxylation is 1. The molecule has 3 aliphatic carbocycles. The van der Waals surface area contributed by atoms with Crippen molar-refractivity contribution in [3.05, 3.63) is 110 Å². The van der Waals surface area contributed by atoms with Crippen LogP contribution in [0.4, 0.5) is 8.63 Å². The van der Waals surface area contributed by atoms with Gasteiger partial charge in [-0.25, -0.2) is 9.78 Å². The minimum absolute atomic E-state index is 0.0175. The fraction of sp³-hybridized carbons (Fsp3) is 0.517. The van der Waals surface area contributed by atoms with Crippen molar-refractivity contribution in [3.8, 4) is 16.3 Å². The number of ether oxygens (including phenoxy) is 4. The number of rotatable bonds is 30. The zero-order valence-electron chi connectivity index (χ0n) is 47.4. The Morgan fingerprint density at radius 2 is 1.44 bits per heavy atom. The molecule has 4 aromatic heterocycles. The summed E-state index contributed by atoms with van der Waals surface area (Å²) in [6.45, 7) is 3.03. The predicted octanol–water partition coefficient (Wildman–Crippen LogP) is 5.93. The number of allylic oxidation sites excluding steroid dienone is 2. The first-order chi connectivity index (χ1) is 39.6. The summed E-state index contributed by atoms with van der Waals surface area (Å²) in [5.74, 6) is 0.160. The number of hydrogen-bond donors (Lipinski definition) is 3. The Morgan fingerprint density at radius 3 is 2.05 bits per heavy atom. The number of benzene rings is 1. The van der Waals surface area contributed by atoms with E-state index in [0.717, 1.165) is 71.0 Å². The zero-order valence-corrected chi connectivity index (χ0v) is 48.2. The maximum absolute atomic E-state index is 16.3. The number of fused-ring (bicyclic) bond motifs is 6. The van der Waals surface area contributed by atoms with Crippen LogP contribution < -0.4 is 26.6 Å². The third kappa shape index (κ3) is 13.2. The topological polar surface area (TPSA) is 216 Å². The Kier molecular flexibility index (Phi) is 19.3. The van der Waals surface area contributed by atoms with Crippen LogP contribution in [-0.4, -0.2) is 161 Å². The number of aromatic nitrogens is 5. The third-order valence-corrected chi connectivity index (χ3v) is 17.3. The summed E-state index contributed by atoms with van der Waals surface area (Å²) in [6.07, 6.45) is 13.7. The van der Waals surface area contributed by atoms with Crippen molar-refractivity contribution in [1.82, 2.24) is 44.0 Å². The number of H-pyrrole nitrogens is 1. The summed E-state index contributed by atoms with van der Waals surface area (Å²) in [5, 5.41) is 7.52.